The van der Waals surface area contributed by atoms with Gasteiger partial charge in [-0.05, 0) is 27.2 Å². The number of carbonyl (C=O) groups excluding carboxylic acids is 1. The van der Waals surface area contributed by atoms with Gasteiger partial charge in [-0.2, -0.15) is 9.19 Å². The molecule has 0 bridgehead atoms. The van der Waals surface area contributed by atoms with E-state index in [1.54, 1.807) is 20.8 Å². The highest BCUT2D eigenvalue weighted by molar-refractivity contribution is 7.90. The monoisotopic (exact) mass is 343 g/mol. The maximum absolute atomic E-state index is 12.5. The van der Waals surface area contributed by atoms with E-state index in [0.29, 0.717) is 25.3 Å². The molecule has 1 aromatic rings. The molecule has 8 nitrogen and oxygen atoms in total. The third kappa shape index (κ3) is 3.20. The summed E-state index contributed by atoms with van der Waals surface area (Å²) < 4.78 is 36.4. The first-order valence-electron chi connectivity index (χ1n) is 7.54. The maximum atomic E-state index is 12.5. The summed E-state index contributed by atoms with van der Waals surface area (Å²) in [6, 6.07) is 0. The van der Waals surface area contributed by atoms with Crippen molar-refractivity contribution in [3.05, 3.63) is 17.5 Å². The zero-order chi connectivity index (χ0) is 16.8. The molecule has 3 heterocycles. The van der Waals surface area contributed by atoms with Crippen LogP contribution in [0.4, 0.5) is 4.79 Å². The van der Waals surface area contributed by atoms with Crippen LogP contribution in [0.3, 0.4) is 0 Å². The van der Waals surface area contributed by atoms with Crippen molar-refractivity contribution in [3.63, 3.8) is 0 Å². The molecule has 1 saturated heterocycles. The molecule has 1 atom stereocenters. The van der Waals surface area contributed by atoms with Gasteiger partial charge in [-0.1, -0.05) is 0 Å². The van der Waals surface area contributed by atoms with E-state index in [0.717, 1.165) is 9.65 Å². The summed E-state index contributed by atoms with van der Waals surface area (Å²) in [4.78, 5) is 13.6. The predicted molar refractivity (Wildman–Crippen MR) is 81.2 cm³/mol. The molecular weight excluding hydrogens is 322 g/mol. The molecule has 23 heavy (non-hydrogen) atoms. The molecule has 1 aromatic heterocycles. The minimum Gasteiger partial charge on any atom is -0.444 e. The first-order chi connectivity index (χ1) is 10.7. The zero-order valence-electron chi connectivity index (χ0n) is 13.5. The van der Waals surface area contributed by atoms with Gasteiger partial charge in [0.2, 0.25) is 0 Å². The average molecular weight is 343 g/mol. The number of fused-ring (bicyclic) bond motifs is 1. The second-order valence-corrected chi connectivity index (χ2v) is 8.91. The van der Waals surface area contributed by atoms with E-state index in [1.807, 2.05) is 0 Å². The predicted octanol–water partition coefficient (Wildman–Crippen LogP) is 1.10. The molecule has 0 spiro atoms. The van der Waals surface area contributed by atoms with Gasteiger partial charge < -0.3 is 9.47 Å². The number of nitrogens with zero attached hydrogens (tertiary/aromatic N) is 3. The van der Waals surface area contributed by atoms with E-state index in [-0.39, 0.29) is 13.2 Å². The number of hydrogen-bond donors (Lipinski definition) is 0. The second kappa shape index (κ2) is 5.48. The lowest BCUT2D eigenvalue weighted by Gasteiger charge is -2.24. The first kappa shape index (κ1) is 16.3. The molecular formula is C14H21N3O5S. The Labute approximate surface area is 135 Å². The minimum atomic E-state index is -3.54. The van der Waals surface area contributed by atoms with Crippen molar-refractivity contribution in [1.82, 2.24) is 14.1 Å². The van der Waals surface area contributed by atoms with Crippen LogP contribution in [0.5, 0.6) is 0 Å². The van der Waals surface area contributed by atoms with Crippen LogP contribution in [0.1, 0.15) is 38.4 Å². The Morgan fingerprint density at radius 1 is 1.39 bits per heavy atom. The maximum Gasteiger partial charge on any atom is 0.410 e. The average Bonchev–Trinajstić information content (AvgIpc) is 3.12. The number of hydrogen-bond acceptors (Lipinski definition) is 6. The van der Waals surface area contributed by atoms with Crippen LogP contribution in [0.2, 0.25) is 0 Å². The molecule has 3 rings (SSSR count). The molecule has 128 valence electrons. The van der Waals surface area contributed by atoms with Gasteiger partial charge in [-0.25, -0.2) is 13.2 Å². The summed E-state index contributed by atoms with van der Waals surface area (Å²) in [5, 5.41) is 3.61. The molecule has 1 fully saturated rings. The molecule has 2 aliphatic rings. The van der Waals surface area contributed by atoms with Gasteiger partial charge in [0, 0.05) is 18.4 Å². The minimum absolute atomic E-state index is 0.205. The molecule has 0 unspecified atom stereocenters. The molecule has 1 amide bonds. The highest BCUT2D eigenvalue weighted by Crippen LogP contribution is 2.25. The fraction of sp³-hybridized carbons (Fsp3) is 0.714. The van der Waals surface area contributed by atoms with Gasteiger partial charge >= 0.3 is 6.09 Å². The number of ether oxygens (including phenoxy) is 2. The van der Waals surface area contributed by atoms with E-state index >= 15 is 0 Å². The molecule has 0 radical (unpaired) electrons. The quantitative estimate of drug-likeness (QED) is 0.799. The van der Waals surface area contributed by atoms with Gasteiger partial charge in [0.15, 0.2) is 0 Å². The number of rotatable bonds is 2. The normalized spacial score (nSPS) is 21.5. The van der Waals surface area contributed by atoms with Crippen molar-refractivity contribution < 1.29 is 22.7 Å². The molecule has 0 aromatic carbocycles. The molecule has 0 saturated carbocycles. The van der Waals surface area contributed by atoms with Crippen LogP contribution >= 0.6 is 0 Å². The van der Waals surface area contributed by atoms with Crippen molar-refractivity contribution in [1.29, 1.82) is 0 Å². The van der Waals surface area contributed by atoms with Crippen molar-refractivity contribution in [3.8, 4) is 0 Å². The second-order valence-electron chi connectivity index (χ2n) is 6.84. The third-order valence-electron chi connectivity index (χ3n) is 3.78. The van der Waals surface area contributed by atoms with E-state index < -0.39 is 27.0 Å². The molecule has 0 aliphatic carbocycles. The van der Waals surface area contributed by atoms with Crippen molar-refractivity contribution in [2.75, 3.05) is 13.2 Å². The summed E-state index contributed by atoms with van der Waals surface area (Å²) in [5.41, 5.74) is 0.764. The summed E-state index contributed by atoms with van der Waals surface area (Å²) in [7, 11) is -3.54. The highest BCUT2D eigenvalue weighted by atomic mass is 32.2. The van der Waals surface area contributed by atoms with E-state index in [4.69, 9.17) is 9.47 Å². The SMILES string of the molecule is CC(C)(C)OC(=O)N1Cc2cn(S(=O)(=O)[C@@H]3CCOC3)nc2C1. The number of amides is 1. The smallest absolute Gasteiger partial charge is 0.410 e. The van der Waals surface area contributed by atoms with Crippen molar-refractivity contribution in [2.24, 2.45) is 0 Å². The molecule has 2 aliphatic heterocycles. The molecule has 9 heteroatoms. The number of aromatic nitrogens is 2. The standard InChI is InChI=1S/C14H21N3O5S/c1-14(2,3)22-13(18)16-6-10-7-17(15-12(10)8-16)23(19,20)11-4-5-21-9-11/h7,11H,4-6,8-9H2,1-3H3/t11-/m1/s1. The van der Waals surface area contributed by atoms with Crippen LogP contribution in [-0.2, 0) is 32.6 Å². The Kier molecular flexibility index (Phi) is 3.88. The van der Waals surface area contributed by atoms with Crippen LogP contribution in [0, 0.1) is 0 Å². The summed E-state index contributed by atoms with van der Waals surface area (Å²) >= 11 is 0. The van der Waals surface area contributed by atoms with E-state index in [2.05, 4.69) is 5.10 Å². The highest BCUT2D eigenvalue weighted by Gasteiger charge is 2.35. The van der Waals surface area contributed by atoms with Gasteiger partial charge in [-0.15, -0.1) is 0 Å². The van der Waals surface area contributed by atoms with Crippen molar-refractivity contribution in [2.45, 2.75) is 51.1 Å². The lowest BCUT2D eigenvalue weighted by atomic mass is 10.2. The topological polar surface area (TPSA) is 90.7 Å². The summed E-state index contributed by atoms with van der Waals surface area (Å²) in [5.74, 6) is 0. The van der Waals surface area contributed by atoms with Gasteiger partial charge in [0.1, 0.15) is 10.9 Å². The lowest BCUT2D eigenvalue weighted by molar-refractivity contribution is 0.0239. The van der Waals surface area contributed by atoms with Crippen molar-refractivity contribution >= 4 is 16.1 Å². The van der Waals surface area contributed by atoms with E-state index in [1.165, 1.54) is 11.1 Å². The van der Waals surface area contributed by atoms with Crippen LogP contribution in [0.25, 0.3) is 0 Å². The third-order valence-corrected chi connectivity index (χ3v) is 5.70. The van der Waals surface area contributed by atoms with Crippen LogP contribution < -0.4 is 0 Å². The van der Waals surface area contributed by atoms with Gasteiger partial charge in [0.25, 0.3) is 10.0 Å². The Hall–Kier alpha value is -1.61. The fourth-order valence-electron chi connectivity index (χ4n) is 2.61. The van der Waals surface area contributed by atoms with Gasteiger partial charge in [0.05, 0.1) is 25.4 Å². The van der Waals surface area contributed by atoms with Crippen LogP contribution in [0.15, 0.2) is 6.20 Å². The Morgan fingerprint density at radius 2 is 2.13 bits per heavy atom. The lowest BCUT2D eigenvalue weighted by Crippen LogP contribution is -2.34. The summed E-state index contributed by atoms with van der Waals surface area (Å²) in [6.45, 7) is 6.63. The number of carbonyl (C=O) groups is 1. The largest absolute Gasteiger partial charge is 0.444 e. The van der Waals surface area contributed by atoms with E-state index in [9.17, 15) is 13.2 Å². The van der Waals surface area contributed by atoms with Crippen LogP contribution in [-0.4, -0.2) is 52.7 Å². The fourth-order valence-corrected chi connectivity index (χ4v) is 4.07. The van der Waals surface area contributed by atoms with Gasteiger partial charge in [-0.3, -0.25) is 4.90 Å². The Bertz CT molecular complexity index is 690. The summed E-state index contributed by atoms with van der Waals surface area (Å²) in [6.07, 6.45) is 1.55. The first-order valence-corrected chi connectivity index (χ1v) is 9.04. The Balaban J connectivity index is 1.72. The Morgan fingerprint density at radius 3 is 2.70 bits per heavy atom. The molecule has 0 N–H and O–H groups in total. The zero-order valence-corrected chi connectivity index (χ0v) is 14.3.